The minimum absolute atomic E-state index is 0.0308. The molecule has 0 fully saturated rings. The standard InChI is InChI=1S/C16H20F4O/c1-3-5-6-11(4-2)9-15(21)13-10-12(17)7-8-14(13)16(18,19)20/h7-8,10-11H,3-6,9H2,1-2H3. The molecule has 0 aliphatic carbocycles. The molecule has 1 nitrogen and oxygen atoms in total. The van der Waals surface area contributed by atoms with Gasteiger partial charge in [-0.3, -0.25) is 4.79 Å². The first-order chi connectivity index (χ1) is 9.79. The average molecular weight is 304 g/mol. The lowest BCUT2D eigenvalue weighted by Gasteiger charge is -2.16. The van der Waals surface area contributed by atoms with E-state index in [1.54, 1.807) is 0 Å². The highest BCUT2D eigenvalue weighted by Gasteiger charge is 2.35. The molecule has 0 bridgehead atoms. The van der Waals surface area contributed by atoms with E-state index in [-0.39, 0.29) is 12.3 Å². The minimum atomic E-state index is -4.65. The first kappa shape index (κ1) is 17.7. The lowest BCUT2D eigenvalue weighted by atomic mass is 9.90. The average Bonchev–Trinajstić information content (AvgIpc) is 2.41. The molecule has 0 N–H and O–H groups in total. The van der Waals surface area contributed by atoms with E-state index in [4.69, 9.17) is 0 Å². The Bertz CT molecular complexity index is 480. The summed E-state index contributed by atoms with van der Waals surface area (Å²) in [6.45, 7) is 3.92. The second kappa shape index (κ2) is 7.57. The predicted molar refractivity (Wildman–Crippen MR) is 73.7 cm³/mol. The van der Waals surface area contributed by atoms with E-state index in [0.717, 1.165) is 31.7 Å². The lowest BCUT2D eigenvalue weighted by Crippen LogP contribution is -2.16. The largest absolute Gasteiger partial charge is 0.417 e. The van der Waals surface area contributed by atoms with E-state index in [1.165, 1.54) is 0 Å². The van der Waals surface area contributed by atoms with Gasteiger partial charge in [-0.25, -0.2) is 4.39 Å². The normalized spacial score (nSPS) is 13.2. The van der Waals surface area contributed by atoms with Crippen molar-refractivity contribution in [2.24, 2.45) is 5.92 Å². The van der Waals surface area contributed by atoms with E-state index in [0.29, 0.717) is 12.1 Å². The molecule has 0 saturated heterocycles. The highest BCUT2D eigenvalue weighted by atomic mass is 19.4. The summed E-state index contributed by atoms with van der Waals surface area (Å²) in [5, 5.41) is 0. The smallest absolute Gasteiger partial charge is 0.294 e. The molecular weight excluding hydrogens is 284 g/mol. The van der Waals surface area contributed by atoms with Gasteiger partial charge in [-0.2, -0.15) is 13.2 Å². The van der Waals surface area contributed by atoms with Gasteiger partial charge in [0, 0.05) is 12.0 Å². The van der Waals surface area contributed by atoms with Gasteiger partial charge >= 0.3 is 6.18 Å². The van der Waals surface area contributed by atoms with Crippen molar-refractivity contribution in [1.29, 1.82) is 0 Å². The van der Waals surface area contributed by atoms with Crippen LogP contribution >= 0.6 is 0 Å². The number of unbranched alkanes of at least 4 members (excludes halogenated alkanes) is 1. The van der Waals surface area contributed by atoms with Crippen LogP contribution < -0.4 is 0 Å². The van der Waals surface area contributed by atoms with Gasteiger partial charge in [0.05, 0.1) is 5.56 Å². The Hall–Kier alpha value is -1.39. The minimum Gasteiger partial charge on any atom is -0.294 e. The molecule has 0 aromatic heterocycles. The summed E-state index contributed by atoms with van der Waals surface area (Å²) >= 11 is 0. The van der Waals surface area contributed by atoms with Crippen molar-refractivity contribution in [3.05, 3.63) is 35.1 Å². The Morgan fingerprint density at radius 2 is 1.90 bits per heavy atom. The van der Waals surface area contributed by atoms with Crippen molar-refractivity contribution in [2.75, 3.05) is 0 Å². The number of hydrogen-bond donors (Lipinski definition) is 0. The van der Waals surface area contributed by atoms with E-state index in [2.05, 4.69) is 0 Å². The zero-order valence-corrected chi connectivity index (χ0v) is 12.3. The van der Waals surface area contributed by atoms with E-state index in [9.17, 15) is 22.4 Å². The molecule has 0 radical (unpaired) electrons. The number of Topliss-reactive ketones (excluding diaryl/α,β-unsaturated/α-hetero) is 1. The summed E-state index contributed by atoms with van der Waals surface area (Å²) in [4.78, 5) is 12.1. The summed E-state index contributed by atoms with van der Waals surface area (Å²) in [6.07, 6.45) is -1.19. The molecule has 118 valence electrons. The van der Waals surface area contributed by atoms with Crippen molar-refractivity contribution >= 4 is 5.78 Å². The van der Waals surface area contributed by atoms with Gasteiger partial charge in [-0.15, -0.1) is 0 Å². The first-order valence-electron chi connectivity index (χ1n) is 7.19. The Morgan fingerprint density at radius 1 is 1.24 bits per heavy atom. The Balaban J connectivity index is 2.98. The lowest BCUT2D eigenvalue weighted by molar-refractivity contribution is -0.138. The monoisotopic (exact) mass is 304 g/mol. The Kier molecular flexibility index (Phi) is 6.37. The summed E-state index contributed by atoms with van der Waals surface area (Å²) < 4.78 is 51.9. The fraction of sp³-hybridized carbons (Fsp3) is 0.562. The zero-order chi connectivity index (χ0) is 16.0. The van der Waals surface area contributed by atoms with E-state index in [1.807, 2.05) is 13.8 Å². The van der Waals surface area contributed by atoms with Crippen LogP contribution in [0.5, 0.6) is 0 Å². The Morgan fingerprint density at radius 3 is 2.43 bits per heavy atom. The summed E-state index contributed by atoms with van der Waals surface area (Å²) in [5.74, 6) is -1.42. The van der Waals surface area contributed by atoms with Crippen LogP contribution in [-0.4, -0.2) is 5.78 Å². The predicted octanol–water partition coefficient (Wildman–Crippen LogP) is 5.63. The first-order valence-corrected chi connectivity index (χ1v) is 7.19. The van der Waals surface area contributed by atoms with Crippen LogP contribution in [0.3, 0.4) is 0 Å². The maximum Gasteiger partial charge on any atom is 0.417 e. The molecule has 1 unspecified atom stereocenters. The molecule has 1 aromatic carbocycles. The maximum absolute atomic E-state index is 13.2. The quantitative estimate of drug-likeness (QED) is 0.471. The van der Waals surface area contributed by atoms with Gasteiger partial charge in [-0.05, 0) is 24.1 Å². The molecule has 1 rings (SSSR count). The Labute approximate surface area is 122 Å². The summed E-state index contributed by atoms with van der Waals surface area (Å²) in [6, 6.07) is 2.06. The van der Waals surface area contributed by atoms with Gasteiger partial charge < -0.3 is 0 Å². The fourth-order valence-electron chi connectivity index (χ4n) is 2.31. The number of alkyl halides is 3. The third kappa shape index (κ3) is 5.14. The van der Waals surface area contributed by atoms with Crippen LogP contribution in [0, 0.1) is 11.7 Å². The van der Waals surface area contributed by atoms with Gasteiger partial charge in [0.15, 0.2) is 5.78 Å². The number of carbonyl (C=O) groups excluding carboxylic acids is 1. The van der Waals surface area contributed by atoms with Crippen LogP contribution in [0.1, 0.15) is 61.9 Å². The van der Waals surface area contributed by atoms with Crippen molar-refractivity contribution < 1.29 is 22.4 Å². The molecule has 1 aromatic rings. The summed E-state index contributed by atoms with van der Waals surface area (Å²) in [7, 11) is 0. The second-order valence-corrected chi connectivity index (χ2v) is 5.23. The maximum atomic E-state index is 13.2. The van der Waals surface area contributed by atoms with Crippen LogP contribution in [0.15, 0.2) is 18.2 Å². The van der Waals surface area contributed by atoms with Crippen LogP contribution in [0.25, 0.3) is 0 Å². The number of ketones is 1. The molecule has 0 amide bonds. The number of carbonyl (C=O) groups is 1. The zero-order valence-electron chi connectivity index (χ0n) is 12.3. The topological polar surface area (TPSA) is 17.1 Å². The van der Waals surface area contributed by atoms with Crippen LogP contribution in [-0.2, 0) is 6.18 Å². The highest BCUT2D eigenvalue weighted by molar-refractivity contribution is 5.97. The fourth-order valence-corrected chi connectivity index (χ4v) is 2.31. The molecule has 5 heteroatoms. The molecular formula is C16H20F4O. The molecule has 0 aliphatic heterocycles. The highest BCUT2D eigenvalue weighted by Crippen LogP contribution is 2.33. The third-order valence-corrected chi connectivity index (χ3v) is 3.60. The van der Waals surface area contributed by atoms with Crippen LogP contribution in [0.4, 0.5) is 17.6 Å². The van der Waals surface area contributed by atoms with Crippen LogP contribution in [0.2, 0.25) is 0 Å². The van der Waals surface area contributed by atoms with Gasteiger partial charge in [0.25, 0.3) is 0 Å². The number of hydrogen-bond acceptors (Lipinski definition) is 1. The molecule has 0 saturated carbocycles. The van der Waals surface area contributed by atoms with E-state index < -0.39 is 28.9 Å². The molecule has 0 aliphatic rings. The second-order valence-electron chi connectivity index (χ2n) is 5.23. The van der Waals surface area contributed by atoms with Crippen molar-refractivity contribution in [2.45, 2.75) is 52.1 Å². The summed E-state index contributed by atoms with van der Waals surface area (Å²) in [5.41, 5.74) is -1.61. The number of rotatable bonds is 7. The molecule has 0 heterocycles. The van der Waals surface area contributed by atoms with Crippen molar-refractivity contribution in [3.8, 4) is 0 Å². The van der Waals surface area contributed by atoms with Crippen molar-refractivity contribution in [3.63, 3.8) is 0 Å². The van der Waals surface area contributed by atoms with Gasteiger partial charge in [0.2, 0.25) is 0 Å². The van der Waals surface area contributed by atoms with Gasteiger partial charge in [-0.1, -0.05) is 39.5 Å². The molecule has 0 spiro atoms. The van der Waals surface area contributed by atoms with Gasteiger partial charge in [0.1, 0.15) is 5.82 Å². The number of benzene rings is 1. The molecule has 1 atom stereocenters. The van der Waals surface area contributed by atoms with E-state index >= 15 is 0 Å². The molecule has 21 heavy (non-hydrogen) atoms. The third-order valence-electron chi connectivity index (χ3n) is 3.60. The van der Waals surface area contributed by atoms with Crippen molar-refractivity contribution in [1.82, 2.24) is 0 Å². The SMILES string of the molecule is CCCCC(CC)CC(=O)c1cc(F)ccc1C(F)(F)F. The number of halogens is 4.